The Labute approximate surface area is 191 Å². The maximum Gasteiger partial charge on any atom is 0.311 e. The van der Waals surface area contributed by atoms with Crippen LogP contribution in [0.3, 0.4) is 0 Å². The van der Waals surface area contributed by atoms with Crippen LogP contribution in [0.1, 0.15) is 30.0 Å². The number of nitro benzene ring substituents is 1. The van der Waals surface area contributed by atoms with Gasteiger partial charge >= 0.3 is 5.69 Å². The molecule has 164 valence electrons. The molecule has 0 unspecified atom stereocenters. The first-order valence-corrected chi connectivity index (χ1v) is 11.0. The van der Waals surface area contributed by atoms with E-state index in [1.807, 2.05) is 5.38 Å². The first-order chi connectivity index (χ1) is 15.3. The van der Waals surface area contributed by atoms with Crippen LogP contribution in [0.25, 0.3) is 16.8 Å². The molecule has 7 nitrogen and oxygen atoms in total. The van der Waals surface area contributed by atoms with Crippen molar-refractivity contribution in [3.8, 4) is 23.1 Å². The molecule has 0 saturated heterocycles. The van der Waals surface area contributed by atoms with E-state index in [9.17, 15) is 15.4 Å². The van der Waals surface area contributed by atoms with Crippen molar-refractivity contribution in [2.24, 2.45) is 5.92 Å². The minimum absolute atomic E-state index is 0.107. The van der Waals surface area contributed by atoms with Crippen molar-refractivity contribution in [3.05, 3.63) is 74.2 Å². The van der Waals surface area contributed by atoms with Crippen molar-refractivity contribution >= 4 is 28.3 Å². The van der Waals surface area contributed by atoms with Gasteiger partial charge in [-0.3, -0.25) is 10.1 Å². The molecule has 0 amide bonds. The average Bonchev–Trinajstić information content (AvgIpc) is 3.25. The van der Waals surface area contributed by atoms with Gasteiger partial charge in [0.2, 0.25) is 0 Å². The van der Waals surface area contributed by atoms with Crippen LogP contribution in [0, 0.1) is 34.3 Å². The van der Waals surface area contributed by atoms with Gasteiger partial charge in [-0.15, -0.1) is 11.3 Å². The molecule has 8 heteroatoms. The van der Waals surface area contributed by atoms with Crippen molar-refractivity contribution in [3.63, 3.8) is 0 Å². The highest BCUT2D eigenvalue weighted by atomic mass is 32.1. The quantitative estimate of drug-likeness (QED) is 0.250. The fourth-order valence-electron chi connectivity index (χ4n) is 3.24. The highest BCUT2D eigenvalue weighted by Gasteiger charge is 2.17. The van der Waals surface area contributed by atoms with E-state index in [2.05, 4.69) is 54.5 Å². The Bertz CT molecular complexity index is 1190. The van der Waals surface area contributed by atoms with Gasteiger partial charge in [0, 0.05) is 35.0 Å². The fourth-order valence-corrected chi connectivity index (χ4v) is 4.03. The number of aryl methyl sites for hydroxylation is 1. The van der Waals surface area contributed by atoms with E-state index in [1.165, 1.54) is 30.1 Å². The first kappa shape index (κ1) is 23.0. The number of nitro groups is 1. The number of rotatable bonds is 8. The summed E-state index contributed by atoms with van der Waals surface area (Å²) in [4.78, 5) is 15.3. The third-order valence-electron chi connectivity index (χ3n) is 4.84. The molecule has 0 bridgehead atoms. The Morgan fingerprint density at radius 2 is 2.06 bits per heavy atom. The van der Waals surface area contributed by atoms with Gasteiger partial charge in [0.1, 0.15) is 16.6 Å². The zero-order valence-corrected chi connectivity index (χ0v) is 19.2. The van der Waals surface area contributed by atoms with Crippen molar-refractivity contribution in [1.82, 2.24) is 4.98 Å². The number of hydrogen-bond acceptors (Lipinski definition) is 7. The summed E-state index contributed by atoms with van der Waals surface area (Å²) in [5.74, 6) is 0.745. The maximum atomic E-state index is 11.2. The molecule has 32 heavy (non-hydrogen) atoms. The standard InChI is InChI=1S/C24H24N4O3S/c1-15(2)9-17-5-7-18(8-6-17)21-14-32-24(27-21)19(12-25)13-26-20-11-23(31-4)22(28(29)30)10-16(20)3/h5-8,10-11,13-15,26H,9H2,1-4H3/b19-13+. The number of benzene rings is 2. The molecule has 0 radical (unpaired) electrons. The molecule has 0 aliphatic rings. The molecular weight excluding hydrogens is 424 g/mol. The minimum Gasteiger partial charge on any atom is -0.490 e. The summed E-state index contributed by atoms with van der Waals surface area (Å²) >= 11 is 1.39. The summed E-state index contributed by atoms with van der Waals surface area (Å²) in [6.07, 6.45) is 2.59. The molecule has 3 rings (SSSR count). The average molecular weight is 449 g/mol. The van der Waals surface area contributed by atoms with Gasteiger partial charge in [-0.1, -0.05) is 38.1 Å². The number of nitriles is 1. The van der Waals surface area contributed by atoms with Crippen LogP contribution >= 0.6 is 11.3 Å². The van der Waals surface area contributed by atoms with Crippen LogP contribution in [0.2, 0.25) is 0 Å². The van der Waals surface area contributed by atoms with Crippen LogP contribution in [-0.2, 0) is 6.42 Å². The number of methoxy groups -OCH3 is 1. The predicted octanol–water partition coefficient (Wildman–Crippen LogP) is 6.21. The largest absolute Gasteiger partial charge is 0.490 e. The molecule has 0 spiro atoms. The smallest absolute Gasteiger partial charge is 0.311 e. The number of ether oxygens (including phenoxy) is 1. The molecule has 1 heterocycles. The fraction of sp³-hybridized carbons (Fsp3) is 0.250. The van der Waals surface area contributed by atoms with Gasteiger partial charge in [0.25, 0.3) is 0 Å². The Kier molecular flexibility index (Phi) is 7.23. The van der Waals surface area contributed by atoms with Crippen molar-refractivity contribution in [1.29, 1.82) is 5.26 Å². The summed E-state index contributed by atoms with van der Waals surface area (Å²) in [7, 11) is 1.38. The number of nitrogens with one attached hydrogen (secondary N) is 1. The van der Waals surface area contributed by atoms with Crippen molar-refractivity contribution in [2.75, 3.05) is 12.4 Å². The number of anilines is 1. The predicted molar refractivity (Wildman–Crippen MR) is 128 cm³/mol. The van der Waals surface area contributed by atoms with E-state index in [4.69, 9.17) is 4.74 Å². The Hall–Kier alpha value is -3.70. The molecule has 0 aliphatic carbocycles. The van der Waals surface area contributed by atoms with Crippen LogP contribution < -0.4 is 10.1 Å². The Morgan fingerprint density at radius 3 is 2.66 bits per heavy atom. The number of allylic oxidation sites excluding steroid dienone is 1. The second kappa shape index (κ2) is 10.1. The lowest BCUT2D eigenvalue weighted by atomic mass is 10.0. The third-order valence-corrected chi connectivity index (χ3v) is 5.72. The number of thiazole rings is 1. The van der Waals surface area contributed by atoms with E-state index in [-0.39, 0.29) is 11.4 Å². The monoisotopic (exact) mass is 448 g/mol. The van der Waals surface area contributed by atoms with Gasteiger partial charge in [-0.25, -0.2) is 4.98 Å². The molecule has 0 saturated carbocycles. The summed E-state index contributed by atoms with van der Waals surface area (Å²) in [6.45, 7) is 6.14. The highest BCUT2D eigenvalue weighted by molar-refractivity contribution is 7.11. The molecule has 0 atom stereocenters. The van der Waals surface area contributed by atoms with Gasteiger partial charge in [-0.2, -0.15) is 5.26 Å². The third kappa shape index (κ3) is 5.31. The van der Waals surface area contributed by atoms with Gasteiger partial charge in [-0.05, 0) is 30.4 Å². The van der Waals surface area contributed by atoms with Crippen LogP contribution in [0.4, 0.5) is 11.4 Å². The summed E-state index contributed by atoms with van der Waals surface area (Å²) in [6, 6.07) is 13.5. The van der Waals surface area contributed by atoms with E-state index in [0.29, 0.717) is 27.7 Å². The lowest BCUT2D eigenvalue weighted by Crippen LogP contribution is -1.99. The second-order valence-corrected chi connectivity index (χ2v) is 8.60. The van der Waals surface area contributed by atoms with Crippen molar-refractivity contribution < 1.29 is 9.66 Å². The van der Waals surface area contributed by atoms with E-state index in [1.54, 1.807) is 19.2 Å². The molecule has 1 N–H and O–H groups in total. The SMILES string of the molecule is COc1cc(N/C=C(\C#N)c2nc(-c3ccc(CC(C)C)cc3)cs2)c(C)cc1[N+](=O)[O-]. The van der Waals surface area contributed by atoms with Crippen molar-refractivity contribution in [2.45, 2.75) is 27.2 Å². The second-order valence-electron chi connectivity index (χ2n) is 7.74. The lowest BCUT2D eigenvalue weighted by Gasteiger charge is -2.09. The zero-order valence-electron chi connectivity index (χ0n) is 18.4. The number of nitrogens with zero attached hydrogens (tertiary/aromatic N) is 3. The molecular formula is C24H24N4O3S. The number of aromatic nitrogens is 1. The Morgan fingerprint density at radius 1 is 1.34 bits per heavy atom. The first-order valence-electron chi connectivity index (χ1n) is 10.1. The number of hydrogen-bond donors (Lipinski definition) is 1. The molecule has 0 fully saturated rings. The summed E-state index contributed by atoms with van der Waals surface area (Å²) in [5.41, 5.74) is 4.63. The molecule has 0 aliphatic heterocycles. The van der Waals surface area contributed by atoms with Crippen LogP contribution in [-0.4, -0.2) is 17.0 Å². The minimum atomic E-state index is -0.487. The topological polar surface area (TPSA) is 101 Å². The Balaban J connectivity index is 1.82. The zero-order chi connectivity index (χ0) is 23.3. The van der Waals surface area contributed by atoms with Crippen LogP contribution in [0.5, 0.6) is 5.75 Å². The van der Waals surface area contributed by atoms with E-state index in [0.717, 1.165) is 17.7 Å². The van der Waals surface area contributed by atoms with Gasteiger partial charge < -0.3 is 10.1 Å². The van der Waals surface area contributed by atoms with E-state index < -0.39 is 4.92 Å². The molecule has 2 aromatic carbocycles. The highest BCUT2D eigenvalue weighted by Crippen LogP contribution is 2.33. The normalized spacial score (nSPS) is 11.3. The summed E-state index contributed by atoms with van der Waals surface area (Å²) < 4.78 is 5.12. The van der Waals surface area contributed by atoms with E-state index >= 15 is 0 Å². The molecule has 3 aromatic rings. The van der Waals surface area contributed by atoms with Crippen LogP contribution in [0.15, 0.2) is 48.0 Å². The van der Waals surface area contributed by atoms with Gasteiger partial charge in [0.15, 0.2) is 5.75 Å². The molecule has 1 aromatic heterocycles. The summed E-state index contributed by atoms with van der Waals surface area (Å²) in [5, 5.41) is 26.4. The maximum absolute atomic E-state index is 11.2. The van der Waals surface area contributed by atoms with Gasteiger partial charge in [0.05, 0.1) is 17.7 Å². The lowest BCUT2D eigenvalue weighted by molar-refractivity contribution is -0.385.